The smallest absolute Gasteiger partial charge is 0.308 e. The third kappa shape index (κ3) is 5.49. The second kappa shape index (κ2) is 8.89. The third-order valence-electron chi connectivity index (χ3n) is 4.66. The SMILES string of the molecule is CC(CC(=O)NCC(C(=O)O)C1CCOCC1)c1ccc(F)cc1F. The Kier molecular flexibility index (Phi) is 6.87. The van der Waals surface area contributed by atoms with E-state index in [1.807, 2.05) is 0 Å². The van der Waals surface area contributed by atoms with Crippen LogP contribution in [0, 0.1) is 23.5 Å². The van der Waals surface area contributed by atoms with E-state index < -0.39 is 29.4 Å². The van der Waals surface area contributed by atoms with Gasteiger partial charge in [0, 0.05) is 32.2 Å². The first-order chi connectivity index (χ1) is 11.9. The van der Waals surface area contributed by atoms with Crippen LogP contribution in [0.2, 0.25) is 0 Å². The highest BCUT2D eigenvalue weighted by atomic mass is 19.1. The standard InChI is InChI=1S/C18H23F2NO4/c1-11(14-3-2-13(19)9-16(14)20)8-17(22)21-10-15(18(23)24)12-4-6-25-7-5-12/h2-3,9,11-12,15H,4-8,10H2,1H3,(H,21,22)(H,23,24). The van der Waals surface area contributed by atoms with Crippen molar-refractivity contribution in [3.8, 4) is 0 Å². The number of carboxylic acids is 1. The average molecular weight is 355 g/mol. The van der Waals surface area contributed by atoms with Crippen molar-refractivity contribution >= 4 is 11.9 Å². The molecular weight excluding hydrogens is 332 g/mol. The van der Waals surface area contributed by atoms with Crippen molar-refractivity contribution in [2.45, 2.75) is 32.1 Å². The van der Waals surface area contributed by atoms with Gasteiger partial charge in [-0.3, -0.25) is 9.59 Å². The highest BCUT2D eigenvalue weighted by Crippen LogP contribution is 2.25. The summed E-state index contributed by atoms with van der Waals surface area (Å²) in [6, 6.07) is 3.26. The molecule has 1 aliphatic rings. The van der Waals surface area contributed by atoms with Gasteiger partial charge in [0.05, 0.1) is 5.92 Å². The minimum Gasteiger partial charge on any atom is -0.481 e. The Morgan fingerprint density at radius 1 is 1.32 bits per heavy atom. The molecule has 1 aromatic rings. The maximum atomic E-state index is 13.8. The maximum absolute atomic E-state index is 13.8. The summed E-state index contributed by atoms with van der Waals surface area (Å²) in [6.07, 6.45) is 1.32. The molecule has 1 aromatic carbocycles. The number of nitrogens with one attached hydrogen (secondary N) is 1. The van der Waals surface area contributed by atoms with Crippen LogP contribution < -0.4 is 5.32 Å². The third-order valence-corrected chi connectivity index (χ3v) is 4.66. The molecule has 0 spiro atoms. The molecule has 0 aromatic heterocycles. The zero-order chi connectivity index (χ0) is 18.4. The summed E-state index contributed by atoms with van der Waals surface area (Å²) in [4.78, 5) is 23.5. The quantitative estimate of drug-likeness (QED) is 0.789. The minimum absolute atomic E-state index is 0.00265. The first-order valence-electron chi connectivity index (χ1n) is 8.40. The molecule has 7 heteroatoms. The Morgan fingerprint density at radius 3 is 2.60 bits per heavy atom. The number of ether oxygens (including phenoxy) is 1. The van der Waals surface area contributed by atoms with E-state index in [2.05, 4.69) is 5.32 Å². The lowest BCUT2D eigenvalue weighted by molar-refractivity contribution is -0.145. The fraction of sp³-hybridized carbons (Fsp3) is 0.556. The van der Waals surface area contributed by atoms with Crippen LogP contribution >= 0.6 is 0 Å². The molecule has 0 bridgehead atoms. The average Bonchev–Trinajstić information content (AvgIpc) is 2.55. The van der Waals surface area contributed by atoms with E-state index in [-0.39, 0.29) is 30.4 Å². The summed E-state index contributed by atoms with van der Waals surface area (Å²) in [5.74, 6) is -3.78. The van der Waals surface area contributed by atoms with Crippen molar-refractivity contribution < 1.29 is 28.2 Å². The molecule has 2 rings (SSSR count). The summed E-state index contributed by atoms with van der Waals surface area (Å²) >= 11 is 0. The Hall–Kier alpha value is -2.02. The lowest BCUT2D eigenvalue weighted by Gasteiger charge is -2.27. The molecule has 1 amide bonds. The first kappa shape index (κ1) is 19.3. The molecule has 1 saturated heterocycles. The fourth-order valence-corrected chi connectivity index (χ4v) is 3.16. The summed E-state index contributed by atoms with van der Waals surface area (Å²) in [5.41, 5.74) is 0.260. The summed E-state index contributed by atoms with van der Waals surface area (Å²) < 4.78 is 31.9. The van der Waals surface area contributed by atoms with E-state index in [0.29, 0.717) is 26.1 Å². The van der Waals surface area contributed by atoms with Crippen LogP contribution in [-0.2, 0) is 14.3 Å². The lowest BCUT2D eigenvalue weighted by atomic mass is 9.86. The number of carbonyl (C=O) groups excluding carboxylic acids is 1. The number of benzene rings is 1. The van der Waals surface area contributed by atoms with Crippen LogP contribution in [0.3, 0.4) is 0 Å². The van der Waals surface area contributed by atoms with E-state index in [9.17, 15) is 23.5 Å². The van der Waals surface area contributed by atoms with Crippen LogP contribution in [0.15, 0.2) is 18.2 Å². The van der Waals surface area contributed by atoms with Crippen molar-refractivity contribution in [1.29, 1.82) is 0 Å². The summed E-state index contributed by atoms with van der Waals surface area (Å²) in [6.45, 7) is 2.77. The predicted octanol–water partition coefficient (Wildman–Crippen LogP) is 2.70. The molecule has 25 heavy (non-hydrogen) atoms. The molecule has 0 saturated carbocycles. The first-order valence-corrected chi connectivity index (χ1v) is 8.40. The van der Waals surface area contributed by atoms with Crippen molar-refractivity contribution in [2.75, 3.05) is 19.8 Å². The van der Waals surface area contributed by atoms with Gasteiger partial charge in [0.25, 0.3) is 0 Å². The molecule has 5 nitrogen and oxygen atoms in total. The van der Waals surface area contributed by atoms with Gasteiger partial charge in [0.2, 0.25) is 5.91 Å². The highest BCUT2D eigenvalue weighted by Gasteiger charge is 2.30. The number of amides is 1. The number of hydrogen-bond donors (Lipinski definition) is 2. The van der Waals surface area contributed by atoms with Crippen LogP contribution in [0.1, 0.15) is 37.7 Å². The van der Waals surface area contributed by atoms with E-state index in [4.69, 9.17) is 4.74 Å². The van der Waals surface area contributed by atoms with Crippen molar-refractivity contribution in [3.05, 3.63) is 35.4 Å². The van der Waals surface area contributed by atoms with Gasteiger partial charge in [-0.05, 0) is 36.3 Å². The van der Waals surface area contributed by atoms with Crippen LogP contribution in [0.5, 0.6) is 0 Å². The molecular formula is C18H23F2NO4. The lowest BCUT2D eigenvalue weighted by Crippen LogP contribution is -2.39. The van der Waals surface area contributed by atoms with Gasteiger partial charge in [0.15, 0.2) is 0 Å². The number of hydrogen-bond acceptors (Lipinski definition) is 3. The van der Waals surface area contributed by atoms with Gasteiger partial charge >= 0.3 is 5.97 Å². The molecule has 2 N–H and O–H groups in total. The predicted molar refractivity (Wildman–Crippen MR) is 87.1 cm³/mol. The Bertz CT molecular complexity index is 617. The number of halogens is 2. The Labute approximate surface area is 145 Å². The Balaban J connectivity index is 1.88. The molecule has 0 aliphatic carbocycles. The normalized spacial score (nSPS) is 17.7. The topological polar surface area (TPSA) is 75.6 Å². The molecule has 1 heterocycles. The molecule has 1 fully saturated rings. The van der Waals surface area contributed by atoms with E-state index in [1.165, 1.54) is 6.07 Å². The molecule has 138 valence electrons. The van der Waals surface area contributed by atoms with E-state index in [1.54, 1.807) is 6.92 Å². The largest absolute Gasteiger partial charge is 0.481 e. The van der Waals surface area contributed by atoms with Gasteiger partial charge in [-0.2, -0.15) is 0 Å². The minimum atomic E-state index is -0.940. The van der Waals surface area contributed by atoms with E-state index in [0.717, 1.165) is 12.1 Å². The molecule has 2 atom stereocenters. The van der Waals surface area contributed by atoms with Crippen molar-refractivity contribution in [2.24, 2.45) is 11.8 Å². The second-order valence-electron chi connectivity index (χ2n) is 6.47. The summed E-state index contributed by atoms with van der Waals surface area (Å²) in [7, 11) is 0. The summed E-state index contributed by atoms with van der Waals surface area (Å²) in [5, 5.41) is 12.0. The van der Waals surface area contributed by atoms with Gasteiger partial charge < -0.3 is 15.2 Å². The van der Waals surface area contributed by atoms with Crippen molar-refractivity contribution in [3.63, 3.8) is 0 Å². The van der Waals surface area contributed by atoms with Crippen LogP contribution in [0.4, 0.5) is 8.78 Å². The molecule has 0 radical (unpaired) electrons. The number of carboxylic acid groups (broad SMARTS) is 1. The molecule has 1 aliphatic heterocycles. The van der Waals surface area contributed by atoms with Crippen LogP contribution in [0.25, 0.3) is 0 Å². The number of aliphatic carboxylic acids is 1. The second-order valence-corrected chi connectivity index (χ2v) is 6.47. The van der Waals surface area contributed by atoms with Gasteiger partial charge in [0.1, 0.15) is 11.6 Å². The van der Waals surface area contributed by atoms with Gasteiger partial charge in [-0.25, -0.2) is 8.78 Å². The van der Waals surface area contributed by atoms with Gasteiger partial charge in [-0.15, -0.1) is 0 Å². The Morgan fingerprint density at radius 2 is 2.00 bits per heavy atom. The maximum Gasteiger partial charge on any atom is 0.308 e. The monoisotopic (exact) mass is 355 g/mol. The number of carbonyl (C=O) groups is 2. The number of rotatable bonds is 7. The van der Waals surface area contributed by atoms with Crippen molar-refractivity contribution in [1.82, 2.24) is 5.32 Å². The zero-order valence-corrected chi connectivity index (χ0v) is 14.1. The highest BCUT2D eigenvalue weighted by molar-refractivity contribution is 5.78. The fourth-order valence-electron chi connectivity index (χ4n) is 3.16. The van der Waals surface area contributed by atoms with Crippen LogP contribution in [-0.4, -0.2) is 36.7 Å². The molecule has 2 unspecified atom stereocenters. The van der Waals surface area contributed by atoms with Gasteiger partial charge in [-0.1, -0.05) is 13.0 Å². The zero-order valence-electron chi connectivity index (χ0n) is 14.1. The van der Waals surface area contributed by atoms with E-state index >= 15 is 0 Å².